The summed E-state index contributed by atoms with van der Waals surface area (Å²) < 4.78 is 0. The second-order valence-corrected chi connectivity index (χ2v) is 9.57. The van der Waals surface area contributed by atoms with Crippen LogP contribution in [-0.4, -0.2) is 46.2 Å². The molecule has 6 rings (SSSR count). The van der Waals surface area contributed by atoms with Crippen LogP contribution in [0.4, 0.5) is 5.95 Å². The van der Waals surface area contributed by atoms with Gasteiger partial charge in [-0.1, -0.05) is 11.6 Å². The first-order valence-corrected chi connectivity index (χ1v) is 10.6. The van der Waals surface area contributed by atoms with Crippen molar-refractivity contribution >= 4 is 23.5 Å². The first-order valence-electron chi connectivity index (χ1n) is 10.2. The molecule has 1 amide bonds. The number of aromatic nitrogens is 2. The Labute approximate surface area is 164 Å². The van der Waals surface area contributed by atoms with Gasteiger partial charge in [0.25, 0.3) is 0 Å². The highest BCUT2D eigenvalue weighted by molar-refractivity contribution is 6.29. The Morgan fingerprint density at radius 2 is 2.07 bits per heavy atom. The van der Waals surface area contributed by atoms with Gasteiger partial charge < -0.3 is 15.3 Å². The normalized spacial score (nSPS) is 40.2. The van der Waals surface area contributed by atoms with Gasteiger partial charge >= 0.3 is 0 Å². The summed E-state index contributed by atoms with van der Waals surface area (Å²) in [6.07, 6.45) is 8.42. The number of amides is 1. The highest BCUT2D eigenvalue weighted by Gasteiger charge is 2.58. The van der Waals surface area contributed by atoms with Gasteiger partial charge in [0.2, 0.25) is 11.9 Å². The lowest BCUT2D eigenvalue weighted by molar-refractivity contribution is -0.163. The number of anilines is 1. The molecule has 146 valence electrons. The lowest BCUT2D eigenvalue weighted by Crippen LogP contribution is -2.60. The third-order valence-electron chi connectivity index (χ3n) is 7.35. The minimum absolute atomic E-state index is 0.117. The molecule has 1 aromatic rings. The average Bonchev–Trinajstić information content (AvgIpc) is 2.65. The third-order valence-corrected chi connectivity index (χ3v) is 7.56. The molecule has 27 heavy (non-hydrogen) atoms. The minimum atomic E-state index is -0.245. The van der Waals surface area contributed by atoms with Crippen molar-refractivity contribution in [1.82, 2.24) is 15.3 Å². The Bertz CT molecular complexity index is 728. The molecule has 3 atom stereocenters. The number of nitrogens with one attached hydrogen (secondary N) is 1. The van der Waals surface area contributed by atoms with E-state index in [4.69, 9.17) is 11.6 Å². The molecule has 4 saturated carbocycles. The molecule has 2 N–H and O–H groups in total. The van der Waals surface area contributed by atoms with Crippen molar-refractivity contribution in [2.45, 2.75) is 57.1 Å². The molecule has 0 aromatic carbocycles. The number of halogens is 1. The zero-order chi connectivity index (χ0) is 18.6. The van der Waals surface area contributed by atoms with E-state index >= 15 is 0 Å². The van der Waals surface area contributed by atoms with E-state index in [2.05, 4.69) is 20.2 Å². The van der Waals surface area contributed by atoms with Crippen LogP contribution in [0.5, 0.6) is 0 Å². The quantitative estimate of drug-likeness (QED) is 0.775. The van der Waals surface area contributed by atoms with E-state index in [1.54, 1.807) is 12.3 Å². The Morgan fingerprint density at radius 3 is 2.81 bits per heavy atom. The molecule has 7 heteroatoms. The molecule has 1 aliphatic heterocycles. The SMILES string of the molecule is O=C(N[C@H]1CCCN(c2nccc(Cl)n2)C1)C12CC3CC(C1)C(O)C(C3)C2. The van der Waals surface area contributed by atoms with Crippen molar-refractivity contribution in [3.05, 3.63) is 17.4 Å². The van der Waals surface area contributed by atoms with Crippen LogP contribution >= 0.6 is 11.6 Å². The molecule has 2 unspecified atom stereocenters. The molecule has 4 bridgehead atoms. The predicted molar refractivity (Wildman–Crippen MR) is 102 cm³/mol. The number of rotatable bonds is 3. The summed E-state index contributed by atoms with van der Waals surface area (Å²) in [5.41, 5.74) is -0.245. The van der Waals surface area contributed by atoms with Gasteiger partial charge in [0.05, 0.1) is 11.5 Å². The predicted octanol–water partition coefficient (Wildman–Crippen LogP) is 2.40. The van der Waals surface area contributed by atoms with E-state index in [-0.39, 0.29) is 23.5 Å². The van der Waals surface area contributed by atoms with Crippen molar-refractivity contribution in [3.8, 4) is 0 Å². The van der Waals surface area contributed by atoms with Gasteiger partial charge in [-0.3, -0.25) is 4.79 Å². The lowest BCUT2D eigenvalue weighted by atomic mass is 9.48. The topological polar surface area (TPSA) is 78.4 Å². The average molecular weight is 391 g/mol. The summed E-state index contributed by atoms with van der Waals surface area (Å²) in [5.74, 6) is 2.13. The molecule has 0 spiro atoms. The summed E-state index contributed by atoms with van der Waals surface area (Å²) in [7, 11) is 0. The molecule has 5 aliphatic rings. The van der Waals surface area contributed by atoms with E-state index in [1.807, 2.05) is 0 Å². The smallest absolute Gasteiger partial charge is 0.226 e. The van der Waals surface area contributed by atoms with Crippen molar-refractivity contribution in [3.63, 3.8) is 0 Å². The van der Waals surface area contributed by atoms with Gasteiger partial charge in [-0.05, 0) is 68.8 Å². The van der Waals surface area contributed by atoms with Crippen LogP contribution in [-0.2, 0) is 4.79 Å². The molecule has 2 heterocycles. The number of aliphatic hydroxyl groups excluding tert-OH is 1. The van der Waals surface area contributed by atoms with E-state index < -0.39 is 0 Å². The Morgan fingerprint density at radius 1 is 1.30 bits per heavy atom. The number of aliphatic hydroxyl groups is 1. The molecule has 5 fully saturated rings. The second kappa shape index (κ2) is 6.59. The van der Waals surface area contributed by atoms with E-state index in [1.165, 1.54) is 0 Å². The summed E-state index contributed by atoms with van der Waals surface area (Å²) >= 11 is 6.01. The maximum atomic E-state index is 13.3. The van der Waals surface area contributed by atoms with Gasteiger partial charge in [0.15, 0.2) is 0 Å². The van der Waals surface area contributed by atoms with Crippen molar-refractivity contribution in [2.75, 3.05) is 18.0 Å². The summed E-state index contributed by atoms with van der Waals surface area (Å²) in [6, 6.07) is 1.79. The van der Waals surface area contributed by atoms with E-state index in [0.29, 0.717) is 28.9 Å². The van der Waals surface area contributed by atoms with Crippen molar-refractivity contribution < 1.29 is 9.90 Å². The largest absolute Gasteiger partial charge is 0.393 e. The van der Waals surface area contributed by atoms with Crippen molar-refractivity contribution in [1.29, 1.82) is 0 Å². The highest BCUT2D eigenvalue weighted by Crippen LogP contribution is 2.60. The molecule has 1 aromatic heterocycles. The molecule has 6 nitrogen and oxygen atoms in total. The molecule has 1 saturated heterocycles. The standard InChI is InChI=1S/C20H27ClN4O2/c21-16-3-4-22-19(24-16)25-5-1-2-15(11-25)23-18(27)20-8-12-6-13(9-20)17(26)14(7-12)10-20/h3-4,12-15,17,26H,1-2,5-11H2,(H,23,27)/t12?,13?,14?,15-,17?,20?/m0/s1. The fourth-order valence-corrected chi connectivity index (χ4v) is 6.50. The second-order valence-electron chi connectivity index (χ2n) is 9.18. The maximum Gasteiger partial charge on any atom is 0.226 e. The molecular formula is C20H27ClN4O2. The first-order chi connectivity index (χ1) is 13.0. The van der Waals surface area contributed by atoms with Gasteiger partial charge in [-0.2, -0.15) is 0 Å². The Balaban J connectivity index is 1.27. The van der Waals surface area contributed by atoms with Gasteiger partial charge in [0.1, 0.15) is 5.15 Å². The fraction of sp³-hybridized carbons (Fsp3) is 0.750. The van der Waals surface area contributed by atoms with Gasteiger partial charge in [-0.15, -0.1) is 0 Å². The first kappa shape index (κ1) is 17.7. The summed E-state index contributed by atoms with van der Waals surface area (Å²) in [6.45, 7) is 1.61. The van der Waals surface area contributed by atoms with Gasteiger partial charge in [0, 0.05) is 25.3 Å². The van der Waals surface area contributed by atoms with Crippen LogP contribution in [0.1, 0.15) is 44.9 Å². The third kappa shape index (κ3) is 3.11. The zero-order valence-corrected chi connectivity index (χ0v) is 16.2. The fourth-order valence-electron chi connectivity index (χ4n) is 6.37. The zero-order valence-electron chi connectivity index (χ0n) is 15.5. The monoisotopic (exact) mass is 390 g/mol. The van der Waals surface area contributed by atoms with Gasteiger partial charge in [-0.25, -0.2) is 9.97 Å². The maximum absolute atomic E-state index is 13.3. The summed E-state index contributed by atoms with van der Waals surface area (Å²) in [5, 5.41) is 14.3. The number of nitrogens with zero attached hydrogens (tertiary/aromatic N) is 3. The number of carbonyl (C=O) groups excluding carboxylic acids is 1. The summed E-state index contributed by atoms with van der Waals surface area (Å²) in [4.78, 5) is 24.1. The lowest BCUT2D eigenvalue weighted by Gasteiger charge is -2.58. The molecular weight excluding hydrogens is 364 g/mol. The number of piperidine rings is 1. The van der Waals surface area contributed by atoms with Crippen LogP contribution in [0, 0.1) is 23.2 Å². The van der Waals surface area contributed by atoms with Crippen LogP contribution < -0.4 is 10.2 Å². The Hall–Kier alpha value is -1.40. The number of hydrogen-bond acceptors (Lipinski definition) is 5. The Kier molecular flexibility index (Phi) is 4.32. The van der Waals surface area contributed by atoms with Crippen LogP contribution in [0.15, 0.2) is 12.3 Å². The van der Waals surface area contributed by atoms with Crippen LogP contribution in [0.2, 0.25) is 5.15 Å². The molecule has 0 radical (unpaired) electrons. The molecule has 4 aliphatic carbocycles. The minimum Gasteiger partial charge on any atom is -0.393 e. The van der Waals surface area contributed by atoms with E-state index in [9.17, 15) is 9.90 Å². The number of hydrogen-bond donors (Lipinski definition) is 2. The van der Waals surface area contributed by atoms with Crippen LogP contribution in [0.25, 0.3) is 0 Å². The van der Waals surface area contributed by atoms with Crippen LogP contribution in [0.3, 0.4) is 0 Å². The van der Waals surface area contributed by atoms with Crippen molar-refractivity contribution in [2.24, 2.45) is 23.2 Å². The van der Waals surface area contributed by atoms with E-state index in [0.717, 1.165) is 58.0 Å². The number of carbonyl (C=O) groups is 1. The highest BCUT2D eigenvalue weighted by atomic mass is 35.5.